The summed E-state index contributed by atoms with van der Waals surface area (Å²) >= 11 is 3.09. The minimum absolute atomic E-state index is 0.0566. The number of rotatable bonds is 7. The van der Waals surface area contributed by atoms with Gasteiger partial charge >= 0.3 is 0 Å². The van der Waals surface area contributed by atoms with Crippen LogP contribution in [-0.4, -0.2) is 33.7 Å². The van der Waals surface area contributed by atoms with E-state index < -0.39 is 49.2 Å². The topological polar surface area (TPSA) is 88.6 Å². The van der Waals surface area contributed by atoms with Gasteiger partial charge in [-0.1, -0.05) is 6.92 Å². The molecule has 0 saturated heterocycles. The fourth-order valence-electron chi connectivity index (χ4n) is 2.45. The van der Waals surface area contributed by atoms with Crippen LogP contribution in [0.5, 0.6) is 0 Å². The molecular formula is C17H16BrF2NO5S2. The third-order valence-electron chi connectivity index (χ3n) is 4.08. The van der Waals surface area contributed by atoms with Gasteiger partial charge in [-0.3, -0.25) is 9.10 Å². The number of anilines is 1. The smallest absolute Gasteiger partial charge is 0.226 e. The lowest BCUT2D eigenvalue weighted by atomic mass is 10.0. The highest BCUT2D eigenvalue weighted by Gasteiger charge is 2.31. The van der Waals surface area contributed by atoms with Crippen molar-refractivity contribution in [2.24, 2.45) is 0 Å². The molecular weight excluding hydrogens is 480 g/mol. The van der Waals surface area contributed by atoms with Crippen molar-refractivity contribution in [3.8, 4) is 0 Å². The zero-order chi connectivity index (χ0) is 21.2. The van der Waals surface area contributed by atoms with Crippen LogP contribution in [0.2, 0.25) is 0 Å². The number of sulfone groups is 1. The van der Waals surface area contributed by atoms with Gasteiger partial charge in [-0.15, -0.1) is 0 Å². The zero-order valence-corrected chi connectivity index (χ0v) is 18.0. The number of carbonyl (C=O) groups is 1. The molecule has 0 amide bonds. The van der Waals surface area contributed by atoms with Gasteiger partial charge in [0.15, 0.2) is 15.6 Å². The highest BCUT2D eigenvalue weighted by atomic mass is 79.9. The van der Waals surface area contributed by atoms with Gasteiger partial charge in [-0.25, -0.2) is 25.6 Å². The average Bonchev–Trinajstić information content (AvgIpc) is 2.64. The van der Waals surface area contributed by atoms with E-state index in [9.17, 15) is 30.4 Å². The highest BCUT2D eigenvalue weighted by molar-refractivity contribution is 9.10. The van der Waals surface area contributed by atoms with Crippen molar-refractivity contribution in [1.82, 2.24) is 0 Å². The maximum Gasteiger partial charge on any atom is 0.226 e. The summed E-state index contributed by atoms with van der Waals surface area (Å²) in [6.07, 6.45) is 0. The third kappa shape index (κ3) is 4.58. The molecule has 11 heteroatoms. The van der Waals surface area contributed by atoms with E-state index in [4.69, 9.17) is 0 Å². The Balaban J connectivity index is 2.55. The zero-order valence-electron chi connectivity index (χ0n) is 14.7. The van der Waals surface area contributed by atoms with E-state index in [-0.39, 0.29) is 21.4 Å². The molecule has 2 aromatic rings. The quantitative estimate of drug-likeness (QED) is 0.470. The van der Waals surface area contributed by atoms with Crippen LogP contribution in [0.15, 0.2) is 40.9 Å². The Labute approximate surface area is 171 Å². The molecule has 1 unspecified atom stereocenters. The second kappa shape index (κ2) is 8.66. The first kappa shape index (κ1) is 22.4. The molecule has 6 nitrogen and oxygen atoms in total. The Kier molecular flexibility index (Phi) is 6.94. The third-order valence-corrected chi connectivity index (χ3v) is 7.86. The molecule has 28 heavy (non-hydrogen) atoms. The van der Waals surface area contributed by atoms with E-state index in [1.54, 1.807) is 0 Å². The van der Waals surface area contributed by atoms with Gasteiger partial charge in [-0.2, -0.15) is 0 Å². The SMILES string of the molecule is CCS(=O)(=O)C(C)N(c1cc(Br)c(C(=O)c2ccc(F)cc2)cc1F)[SH](=O)=O. The minimum Gasteiger partial charge on any atom is -0.289 e. The monoisotopic (exact) mass is 495 g/mol. The predicted octanol–water partition coefficient (Wildman–Crippen LogP) is 3.07. The van der Waals surface area contributed by atoms with Gasteiger partial charge < -0.3 is 0 Å². The number of nitrogens with zero attached hydrogens (tertiary/aromatic N) is 1. The summed E-state index contributed by atoms with van der Waals surface area (Å²) in [6, 6.07) is 6.44. The maximum absolute atomic E-state index is 14.7. The van der Waals surface area contributed by atoms with Crippen molar-refractivity contribution in [1.29, 1.82) is 0 Å². The predicted molar refractivity (Wildman–Crippen MR) is 106 cm³/mol. The van der Waals surface area contributed by atoms with Gasteiger partial charge in [0, 0.05) is 21.4 Å². The molecule has 0 aromatic heterocycles. The Hall–Kier alpha value is -1.85. The Morgan fingerprint density at radius 1 is 1.18 bits per heavy atom. The first-order chi connectivity index (χ1) is 13.0. The van der Waals surface area contributed by atoms with Crippen LogP contribution in [-0.2, 0) is 20.7 Å². The fraction of sp³-hybridized carbons (Fsp3) is 0.235. The van der Waals surface area contributed by atoms with Crippen LogP contribution in [0, 0.1) is 11.6 Å². The van der Waals surface area contributed by atoms with Crippen LogP contribution < -0.4 is 4.31 Å². The van der Waals surface area contributed by atoms with Crippen molar-refractivity contribution >= 4 is 48.1 Å². The lowest BCUT2D eigenvalue weighted by molar-refractivity contribution is 0.103. The van der Waals surface area contributed by atoms with Crippen molar-refractivity contribution in [3.63, 3.8) is 0 Å². The molecule has 152 valence electrons. The number of ketones is 1. The van der Waals surface area contributed by atoms with Crippen LogP contribution in [0.25, 0.3) is 0 Å². The van der Waals surface area contributed by atoms with Gasteiger partial charge in [0.1, 0.15) is 17.0 Å². The molecule has 0 aliphatic heterocycles. The molecule has 0 saturated carbocycles. The molecule has 0 radical (unpaired) electrons. The van der Waals surface area contributed by atoms with Gasteiger partial charge in [-0.05, 0) is 59.3 Å². The lowest BCUT2D eigenvalue weighted by Crippen LogP contribution is -2.39. The Morgan fingerprint density at radius 3 is 2.25 bits per heavy atom. The van der Waals surface area contributed by atoms with Crippen LogP contribution in [0.4, 0.5) is 14.5 Å². The summed E-state index contributed by atoms with van der Waals surface area (Å²) in [7, 11) is -7.32. The van der Waals surface area contributed by atoms with E-state index >= 15 is 0 Å². The Morgan fingerprint density at radius 2 is 1.75 bits per heavy atom. The maximum atomic E-state index is 14.7. The summed E-state index contributed by atoms with van der Waals surface area (Å²) in [5, 5.41) is -1.53. The number of benzene rings is 2. The molecule has 2 rings (SSSR count). The van der Waals surface area contributed by atoms with Gasteiger partial charge in [0.05, 0.1) is 5.69 Å². The molecule has 0 bridgehead atoms. The summed E-state index contributed by atoms with van der Waals surface area (Å²) in [6.45, 7) is 2.48. The van der Waals surface area contributed by atoms with Crippen LogP contribution >= 0.6 is 15.9 Å². The normalized spacial score (nSPS) is 12.8. The van der Waals surface area contributed by atoms with E-state index in [1.165, 1.54) is 19.1 Å². The molecule has 0 N–H and O–H groups in total. The van der Waals surface area contributed by atoms with E-state index in [0.717, 1.165) is 31.2 Å². The fourth-order valence-corrected chi connectivity index (χ4v) is 5.12. The molecule has 1 atom stereocenters. The first-order valence-electron chi connectivity index (χ1n) is 7.94. The van der Waals surface area contributed by atoms with Gasteiger partial charge in [0.25, 0.3) is 0 Å². The number of hydrogen-bond acceptors (Lipinski definition) is 5. The number of carbonyl (C=O) groups excluding carboxylic acids is 1. The molecule has 0 aliphatic carbocycles. The van der Waals surface area contributed by atoms with Crippen LogP contribution in [0.1, 0.15) is 29.8 Å². The largest absolute Gasteiger partial charge is 0.289 e. The first-order valence-corrected chi connectivity index (χ1v) is 11.6. The second-order valence-electron chi connectivity index (χ2n) is 5.75. The summed E-state index contributed by atoms with van der Waals surface area (Å²) in [5.74, 6) is -2.59. The summed E-state index contributed by atoms with van der Waals surface area (Å²) in [4.78, 5) is 12.5. The molecule has 0 fully saturated rings. The second-order valence-corrected chi connectivity index (χ2v) is 10.1. The van der Waals surface area contributed by atoms with Crippen molar-refractivity contribution in [3.05, 3.63) is 63.6 Å². The molecule has 0 aliphatic rings. The number of thiol groups is 1. The van der Waals surface area contributed by atoms with E-state index in [2.05, 4.69) is 15.9 Å². The van der Waals surface area contributed by atoms with E-state index in [0.29, 0.717) is 4.31 Å². The van der Waals surface area contributed by atoms with E-state index in [1.807, 2.05) is 0 Å². The van der Waals surface area contributed by atoms with Crippen molar-refractivity contribution in [2.75, 3.05) is 10.1 Å². The number of halogens is 3. The Bertz CT molecular complexity index is 1080. The summed E-state index contributed by atoms with van der Waals surface area (Å²) < 4.78 is 75.7. The number of hydrogen-bond donors (Lipinski definition) is 1. The summed E-state index contributed by atoms with van der Waals surface area (Å²) in [5.41, 5.74) is -0.536. The van der Waals surface area contributed by atoms with Crippen molar-refractivity contribution < 1.29 is 30.4 Å². The lowest BCUT2D eigenvalue weighted by Gasteiger charge is -2.25. The highest BCUT2D eigenvalue weighted by Crippen LogP contribution is 2.31. The standard InChI is InChI=1S/C17H16BrF2NO5S2/c1-3-28(25,26)10(2)21(27(23)24)16-9-14(18)13(8-15(16)20)17(22)11-4-6-12(19)7-5-11/h4-10,27H,3H2,1-2H3. The molecule has 0 spiro atoms. The molecule has 2 aromatic carbocycles. The average molecular weight is 496 g/mol. The van der Waals surface area contributed by atoms with Crippen molar-refractivity contribution in [2.45, 2.75) is 19.2 Å². The van der Waals surface area contributed by atoms with Crippen LogP contribution in [0.3, 0.4) is 0 Å². The molecule has 0 heterocycles. The minimum atomic E-state index is -3.84. The van der Waals surface area contributed by atoms with Gasteiger partial charge in [0.2, 0.25) is 10.9 Å².